The van der Waals surface area contributed by atoms with Gasteiger partial charge in [-0.15, -0.1) is 11.8 Å². The lowest BCUT2D eigenvalue weighted by Gasteiger charge is -2.43. The second-order valence-corrected chi connectivity index (χ2v) is 11.6. The van der Waals surface area contributed by atoms with Crippen LogP contribution in [0.25, 0.3) is 0 Å². The van der Waals surface area contributed by atoms with E-state index >= 15 is 0 Å². The number of imide groups is 1. The first-order chi connectivity index (χ1) is 16.0. The molecule has 5 nitrogen and oxygen atoms in total. The monoisotopic (exact) mass is 478 g/mol. The molecule has 0 spiro atoms. The van der Waals surface area contributed by atoms with Gasteiger partial charge in [0.1, 0.15) is 5.82 Å². The number of carbonyl (C=O) groups excluding carboxylic acids is 2. The quantitative estimate of drug-likeness (QED) is 0.559. The molecule has 0 unspecified atom stereocenters. The molecular weight excluding hydrogens is 459 g/mol. The van der Waals surface area contributed by atoms with Gasteiger partial charge in [0.15, 0.2) is 0 Å². The fourth-order valence-corrected chi connectivity index (χ4v) is 9.78. The predicted octanol–water partition coefficient (Wildman–Crippen LogP) is 4.25. The summed E-state index contributed by atoms with van der Waals surface area (Å²) < 4.78 is 13.7. The zero-order chi connectivity index (χ0) is 22.4. The van der Waals surface area contributed by atoms with E-state index in [1.807, 2.05) is 30.3 Å². The van der Waals surface area contributed by atoms with Crippen LogP contribution >= 0.6 is 23.1 Å². The first-order valence-corrected chi connectivity index (χ1v) is 12.8. The molecule has 8 heteroatoms. The number of H-pyrrole nitrogens is 1. The molecule has 1 N–H and O–H groups in total. The molecule has 2 aliphatic heterocycles. The highest BCUT2D eigenvalue weighted by atomic mass is 32.2. The van der Waals surface area contributed by atoms with E-state index < -0.39 is 0 Å². The van der Waals surface area contributed by atoms with E-state index in [2.05, 4.69) is 4.98 Å². The van der Waals surface area contributed by atoms with Crippen molar-refractivity contribution in [3.05, 3.63) is 80.5 Å². The molecule has 4 aliphatic rings. The van der Waals surface area contributed by atoms with E-state index in [9.17, 15) is 18.8 Å². The summed E-state index contributed by atoms with van der Waals surface area (Å²) >= 11 is 2.87. The van der Waals surface area contributed by atoms with Crippen molar-refractivity contribution >= 4 is 40.6 Å². The molecule has 0 radical (unpaired) electrons. The number of thiazole rings is 1. The van der Waals surface area contributed by atoms with Crippen molar-refractivity contribution in [1.82, 2.24) is 4.98 Å². The SMILES string of the molecule is O=C1[C@@H]2[C@H]3C[C@H]([C@H]4Sc5[nH]c(=O)sc5[C@@H](c5ccc(F)cc5)[C@H]34)[C@@H]2C(=O)N1c1ccccc1. The fourth-order valence-electron chi connectivity index (χ4n) is 6.89. The number of carbonyl (C=O) groups is 2. The number of thioether (sulfide) groups is 1. The molecule has 3 aromatic rings. The van der Waals surface area contributed by atoms with E-state index in [4.69, 9.17) is 0 Å². The molecule has 7 rings (SSSR count). The average molecular weight is 479 g/mol. The number of hydrogen-bond acceptors (Lipinski definition) is 5. The Morgan fingerprint density at radius 1 is 0.909 bits per heavy atom. The summed E-state index contributed by atoms with van der Waals surface area (Å²) in [6.07, 6.45) is 0.842. The van der Waals surface area contributed by atoms with E-state index in [1.54, 1.807) is 23.9 Å². The van der Waals surface area contributed by atoms with Crippen molar-refractivity contribution < 1.29 is 14.0 Å². The average Bonchev–Trinajstić information content (AvgIpc) is 3.54. The number of aromatic nitrogens is 1. The van der Waals surface area contributed by atoms with Gasteiger partial charge in [-0.2, -0.15) is 0 Å². The largest absolute Gasteiger partial charge is 0.307 e. The van der Waals surface area contributed by atoms with Crippen molar-refractivity contribution in [3.63, 3.8) is 0 Å². The van der Waals surface area contributed by atoms with Crippen LogP contribution in [0.3, 0.4) is 0 Å². The maximum atomic E-state index is 13.7. The van der Waals surface area contributed by atoms with Gasteiger partial charge in [0, 0.05) is 16.0 Å². The molecule has 3 fully saturated rings. The molecule has 3 heterocycles. The number of hydrogen-bond donors (Lipinski definition) is 1. The minimum Gasteiger partial charge on any atom is -0.307 e. The summed E-state index contributed by atoms with van der Waals surface area (Å²) in [4.78, 5) is 44.6. The zero-order valence-electron chi connectivity index (χ0n) is 17.3. The van der Waals surface area contributed by atoms with Gasteiger partial charge in [0.25, 0.3) is 0 Å². The second kappa shape index (κ2) is 6.90. The highest BCUT2D eigenvalue weighted by Crippen LogP contribution is 2.68. The fraction of sp³-hybridized carbons (Fsp3) is 0.320. The number of fused-ring (bicyclic) bond motifs is 9. The van der Waals surface area contributed by atoms with E-state index in [0.717, 1.165) is 21.9 Å². The third-order valence-corrected chi connectivity index (χ3v) is 10.6. The zero-order valence-corrected chi connectivity index (χ0v) is 18.9. The van der Waals surface area contributed by atoms with Crippen LogP contribution in [0.1, 0.15) is 22.8 Å². The molecule has 2 aromatic carbocycles. The summed E-state index contributed by atoms with van der Waals surface area (Å²) in [6, 6.07) is 15.7. The molecule has 2 bridgehead atoms. The van der Waals surface area contributed by atoms with Crippen LogP contribution in [0.2, 0.25) is 0 Å². The third-order valence-electron chi connectivity index (χ3n) is 7.97. The molecule has 1 saturated heterocycles. The summed E-state index contributed by atoms with van der Waals surface area (Å²) in [7, 11) is 0. The number of rotatable bonds is 2. The Morgan fingerprint density at radius 3 is 2.33 bits per heavy atom. The highest BCUT2D eigenvalue weighted by molar-refractivity contribution is 8.00. The lowest BCUT2D eigenvalue weighted by atomic mass is 9.68. The van der Waals surface area contributed by atoms with Crippen molar-refractivity contribution in [2.45, 2.75) is 22.6 Å². The van der Waals surface area contributed by atoms with Gasteiger partial charge in [-0.25, -0.2) is 4.39 Å². The third kappa shape index (κ3) is 2.62. The van der Waals surface area contributed by atoms with Gasteiger partial charge in [-0.05, 0) is 54.0 Å². The Hall–Kier alpha value is -2.71. The molecule has 7 atom stereocenters. The van der Waals surface area contributed by atoms with Gasteiger partial charge in [-0.1, -0.05) is 41.7 Å². The smallest absolute Gasteiger partial charge is 0.305 e. The number of amides is 2. The molecule has 33 heavy (non-hydrogen) atoms. The Morgan fingerprint density at radius 2 is 1.61 bits per heavy atom. The van der Waals surface area contributed by atoms with Crippen LogP contribution in [-0.2, 0) is 9.59 Å². The van der Waals surface area contributed by atoms with Gasteiger partial charge in [0.2, 0.25) is 11.8 Å². The number of nitrogens with one attached hydrogen (secondary N) is 1. The van der Waals surface area contributed by atoms with Crippen molar-refractivity contribution in [3.8, 4) is 0 Å². The maximum absolute atomic E-state index is 13.7. The lowest BCUT2D eigenvalue weighted by Crippen LogP contribution is -2.42. The number of halogens is 1. The minimum absolute atomic E-state index is 0.0584. The first kappa shape index (κ1) is 19.7. The van der Waals surface area contributed by atoms with E-state index in [1.165, 1.54) is 28.4 Å². The normalized spacial score (nSPS) is 33.8. The van der Waals surface area contributed by atoms with Crippen LogP contribution < -0.4 is 9.77 Å². The summed E-state index contributed by atoms with van der Waals surface area (Å²) in [5.41, 5.74) is 1.60. The minimum atomic E-state index is -0.329. The number of para-hydroxylation sites is 1. The Balaban J connectivity index is 1.34. The highest BCUT2D eigenvalue weighted by Gasteiger charge is 2.69. The van der Waals surface area contributed by atoms with Crippen molar-refractivity contribution in [2.75, 3.05) is 4.90 Å². The predicted molar refractivity (Wildman–Crippen MR) is 124 cm³/mol. The van der Waals surface area contributed by atoms with E-state index in [0.29, 0.717) is 5.69 Å². The van der Waals surface area contributed by atoms with Crippen LogP contribution in [0.5, 0.6) is 0 Å². The molecule has 1 aromatic heterocycles. The summed E-state index contributed by atoms with van der Waals surface area (Å²) in [5.74, 6) is -0.946. The van der Waals surface area contributed by atoms with Gasteiger partial charge in [-0.3, -0.25) is 19.3 Å². The van der Waals surface area contributed by atoms with Gasteiger partial charge < -0.3 is 4.98 Å². The van der Waals surface area contributed by atoms with Crippen LogP contribution in [-0.4, -0.2) is 22.0 Å². The Bertz CT molecular complexity index is 1350. The standard InChI is InChI=1S/C25H19FN2O3S2/c26-12-8-6-11(7-9-12)16-17-14-10-15(20(17)32-22-21(16)33-25(31)27-22)19-18(14)23(29)28(24(19)30)13-4-2-1-3-5-13/h1-9,14-20H,10H2,(H,27,31)/t14-,15-,16-,17-,18+,19-,20+/m0/s1. The Labute approximate surface area is 197 Å². The topological polar surface area (TPSA) is 70.2 Å². The molecule has 2 aliphatic carbocycles. The second-order valence-electron chi connectivity index (χ2n) is 9.36. The van der Waals surface area contributed by atoms with Crippen LogP contribution in [0.4, 0.5) is 10.1 Å². The number of benzene rings is 2. The van der Waals surface area contributed by atoms with Crippen molar-refractivity contribution in [1.29, 1.82) is 0 Å². The number of aromatic amines is 1. The van der Waals surface area contributed by atoms with Gasteiger partial charge in [0.05, 0.1) is 22.5 Å². The summed E-state index contributed by atoms with van der Waals surface area (Å²) in [5, 5.41) is 0.998. The first-order valence-electron chi connectivity index (χ1n) is 11.1. The molecule has 2 saturated carbocycles. The Kier molecular flexibility index (Phi) is 4.13. The molecular formula is C25H19FN2O3S2. The van der Waals surface area contributed by atoms with E-state index in [-0.39, 0.29) is 63.3 Å². The number of anilines is 1. The number of nitrogens with zero attached hydrogens (tertiary/aromatic N) is 1. The molecule has 2 amide bonds. The maximum Gasteiger partial charge on any atom is 0.305 e. The summed E-state index contributed by atoms with van der Waals surface area (Å²) in [6.45, 7) is 0. The van der Waals surface area contributed by atoms with Crippen LogP contribution in [0.15, 0.2) is 64.4 Å². The molecule has 166 valence electrons. The van der Waals surface area contributed by atoms with Crippen molar-refractivity contribution in [2.24, 2.45) is 29.6 Å². The lowest BCUT2D eigenvalue weighted by molar-refractivity contribution is -0.123. The van der Waals surface area contributed by atoms with Gasteiger partial charge >= 0.3 is 4.87 Å². The van der Waals surface area contributed by atoms with Crippen LogP contribution in [0, 0.1) is 35.4 Å².